The molecular formula is C18H19Cl2P. The van der Waals surface area contributed by atoms with E-state index in [1.54, 1.807) is 0 Å². The zero-order valence-corrected chi connectivity index (χ0v) is 14.9. The molecule has 0 nitrogen and oxygen atoms in total. The van der Waals surface area contributed by atoms with E-state index in [2.05, 4.69) is 62.7 Å². The van der Waals surface area contributed by atoms with Crippen molar-refractivity contribution in [2.45, 2.75) is 13.8 Å². The van der Waals surface area contributed by atoms with Crippen LogP contribution in [-0.4, -0.2) is 12.5 Å². The summed E-state index contributed by atoms with van der Waals surface area (Å²) < 4.78 is 0. The molecule has 0 aromatic heterocycles. The summed E-state index contributed by atoms with van der Waals surface area (Å²) in [6.45, 7) is 4.77. The van der Waals surface area contributed by atoms with E-state index < -0.39 is 6.89 Å². The van der Waals surface area contributed by atoms with Gasteiger partial charge < -0.3 is 0 Å². The van der Waals surface area contributed by atoms with Gasteiger partial charge in [-0.1, -0.05) is 90.0 Å². The first-order valence-corrected chi connectivity index (χ1v) is 9.87. The van der Waals surface area contributed by atoms with E-state index in [-0.39, 0.29) is 0 Å². The molecule has 3 heteroatoms. The molecular weight excluding hydrogens is 318 g/mol. The minimum Gasteiger partial charge on any atom is -0.0827 e. The Morgan fingerprint density at radius 3 is 2.24 bits per heavy atom. The van der Waals surface area contributed by atoms with Crippen molar-refractivity contribution in [2.24, 2.45) is 0 Å². The molecule has 0 saturated heterocycles. The lowest BCUT2D eigenvalue weighted by atomic mass is 10.3. The van der Waals surface area contributed by atoms with Gasteiger partial charge >= 0.3 is 0 Å². The number of allylic oxidation sites excluding steroid dienone is 2. The molecule has 1 atom stereocenters. The second-order valence-electron chi connectivity index (χ2n) is 5.38. The molecule has 2 aromatic carbocycles. The summed E-state index contributed by atoms with van der Waals surface area (Å²) in [5.74, 6) is 2.30. The number of rotatable bonds is 3. The fourth-order valence-electron chi connectivity index (χ4n) is 2.19. The third kappa shape index (κ3) is 3.64. The van der Waals surface area contributed by atoms with Crippen molar-refractivity contribution in [1.29, 1.82) is 0 Å². The second kappa shape index (κ2) is 6.88. The summed E-state index contributed by atoms with van der Waals surface area (Å²) in [5, 5.41) is 3.70. The molecule has 0 heterocycles. The molecule has 110 valence electrons. The van der Waals surface area contributed by atoms with Gasteiger partial charge in [0.25, 0.3) is 0 Å². The highest BCUT2D eigenvalue weighted by molar-refractivity contribution is 7.88. The molecule has 2 rings (SSSR count). The Hall–Kier alpha value is -0.940. The Morgan fingerprint density at radius 1 is 0.952 bits per heavy atom. The monoisotopic (exact) mass is 336 g/mol. The lowest BCUT2D eigenvalue weighted by Crippen LogP contribution is -2.18. The quantitative estimate of drug-likeness (QED) is 0.662. The highest BCUT2D eigenvalue weighted by atomic mass is 35.5. The van der Waals surface area contributed by atoms with Crippen LogP contribution < -0.4 is 10.6 Å². The number of hydrogen-bond acceptors (Lipinski definition) is 0. The van der Waals surface area contributed by atoms with Gasteiger partial charge in [-0.15, -0.1) is 0 Å². The molecule has 0 spiro atoms. The summed E-state index contributed by atoms with van der Waals surface area (Å²) in [6, 6.07) is 16.4. The van der Waals surface area contributed by atoms with E-state index in [9.17, 15) is 0 Å². The van der Waals surface area contributed by atoms with Crippen LogP contribution in [0, 0.1) is 0 Å². The topological polar surface area (TPSA) is 0 Å². The Morgan fingerprint density at radius 2 is 1.62 bits per heavy atom. The first-order valence-electron chi connectivity index (χ1n) is 6.81. The van der Waals surface area contributed by atoms with E-state index in [1.165, 1.54) is 10.9 Å². The van der Waals surface area contributed by atoms with Crippen LogP contribution in [0.5, 0.6) is 0 Å². The third-order valence-corrected chi connectivity index (χ3v) is 7.87. The predicted molar refractivity (Wildman–Crippen MR) is 101 cm³/mol. The standard InChI is InChI=1S/C18H19Cl2P/c1-14(2)12-13-21(3,15-8-5-4-6-9-15)17-11-7-10-16(19)18(17)20/h4-13H,1-3H3. The van der Waals surface area contributed by atoms with Gasteiger partial charge in [0.15, 0.2) is 0 Å². The molecule has 2 aromatic rings. The van der Waals surface area contributed by atoms with Crippen molar-refractivity contribution in [2.75, 3.05) is 6.66 Å². The molecule has 0 aliphatic heterocycles. The summed E-state index contributed by atoms with van der Waals surface area (Å²) in [6.07, 6.45) is 2.18. The van der Waals surface area contributed by atoms with Gasteiger partial charge in [0.1, 0.15) is 0 Å². The number of halogens is 2. The van der Waals surface area contributed by atoms with Gasteiger partial charge in [-0.2, -0.15) is 0 Å². The Balaban J connectivity index is 2.77. The predicted octanol–water partition coefficient (Wildman–Crippen LogP) is 5.36. The van der Waals surface area contributed by atoms with Crippen LogP contribution in [0.1, 0.15) is 13.8 Å². The van der Waals surface area contributed by atoms with Crippen molar-refractivity contribution in [3.05, 3.63) is 70.2 Å². The maximum atomic E-state index is 6.50. The first kappa shape index (κ1) is 16.4. The molecule has 0 fully saturated rings. The minimum absolute atomic E-state index is 0.613. The fourth-order valence-corrected chi connectivity index (χ4v) is 6.01. The highest BCUT2D eigenvalue weighted by Gasteiger charge is 2.20. The Kier molecular flexibility index (Phi) is 5.38. The zero-order valence-electron chi connectivity index (χ0n) is 12.5. The van der Waals surface area contributed by atoms with Crippen molar-refractivity contribution < 1.29 is 0 Å². The molecule has 0 aliphatic carbocycles. The number of hydrogen-bond donors (Lipinski definition) is 0. The lowest BCUT2D eigenvalue weighted by molar-refractivity contribution is 1.41. The normalized spacial score (nSPS) is 13.4. The fraction of sp³-hybridized carbons (Fsp3) is 0.167. The molecule has 0 aliphatic rings. The smallest absolute Gasteiger partial charge is 0.0671 e. The van der Waals surface area contributed by atoms with Crippen LogP contribution in [0.4, 0.5) is 0 Å². The number of benzene rings is 2. The van der Waals surface area contributed by atoms with Gasteiger partial charge in [-0.25, -0.2) is 0 Å². The molecule has 0 amide bonds. The van der Waals surface area contributed by atoms with Gasteiger partial charge in [0.2, 0.25) is 0 Å². The van der Waals surface area contributed by atoms with Gasteiger partial charge in [0.05, 0.1) is 10.0 Å². The van der Waals surface area contributed by atoms with E-state index >= 15 is 0 Å². The van der Waals surface area contributed by atoms with Crippen LogP contribution in [-0.2, 0) is 0 Å². The van der Waals surface area contributed by atoms with Crippen LogP contribution in [0.3, 0.4) is 0 Å². The second-order valence-corrected chi connectivity index (χ2v) is 9.61. The SMILES string of the molecule is CC(C)=CC=P(C)(c1ccccc1)c1cccc(Cl)c1Cl. The van der Waals surface area contributed by atoms with Crippen molar-refractivity contribution >= 4 is 46.5 Å². The van der Waals surface area contributed by atoms with Crippen LogP contribution in [0.25, 0.3) is 0 Å². The Bertz CT molecular complexity index is 711. The molecule has 21 heavy (non-hydrogen) atoms. The maximum Gasteiger partial charge on any atom is 0.0671 e. The first-order chi connectivity index (χ1) is 9.95. The average Bonchev–Trinajstić information content (AvgIpc) is 2.48. The van der Waals surface area contributed by atoms with E-state index in [1.807, 2.05) is 18.2 Å². The largest absolute Gasteiger partial charge is 0.0827 e. The minimum atomic E-state index is -1.71. The van der Waals surface area contributed by atoms with Crippen molar-refractivity contribution in [1.82, 2.24) is 0 Å². The molecule has 0 saturated carbocycles. The summed E-state index contributed by atoms with van der Waals surface area (Å²) in [4.78, 5) is 0. The van der Waals surface area contributed by atoms with Crippen LogP contribution in [0.2, 0.25) is 10.0 Å². The zero-order chi connectivity index (χ0) is 15.5. The van der Waals surface area contributed by atoms with Crippen LogP contribution in [0.15, 0.2) is 60.2 Å². The van der Waals surface area contributed by atoms with E-state index in [0.717, 1.165) is 5.30 Å². The summed E-state index contributed by atoms with van der Waals surface area (Å²) in [7, 11) is 0. The van der Waals surface area contributed by atoms with Crippen LogP contribution >= 0.6 is 30.1 Å². The Labute approximate surface area is 137 Å². The lowest BCUT2D eigenvalue weighted by Gasteiger charge is -2.24. The summed E-state index contributed by atoms with van der Waals surface area (Å²) >= 11 is 12.7. The summed E-state index contributed by atoms with van der Waals surface area (Å²) in [5.41, 5.74) is 1.27. The molecule has 1 unspecified atom stereocenters. The van der Waals surface area contributed by atoms with Crippen molar-refractivity contribution in [3.63, 3.8) is 0 Å². The maximum absolute atomic E-state index is 6.50. The van der Waals surface area contributed by atoms with Gasteiger partial charge in [-0.05, 0) is 37.2 Å². The molecule has 0 bridgehead atoms. The third-order valence-electron chi connectivity index (χ3n) is 3.43. The van der Waals surface area contributed by atoms with E-state index in [0.29, 0.717) is 10.0 Å². The van der Waals surface area contributed by atoms with Gasteiger partial charge in [-0.3, -0.25) is 0 Å². The molecule has 0 N–H and O–H groups in total. The van der Waals surface area contributed by atoms with Gasteiger partial charge in [0, 0.05) is 0 Å². The average molecular weight is 337 g/mol. The molecule has 0 radical (unpaired) electrons. The van der Waals surface area contributed by atoms with Crippen molar-refractivity contribution in [3.8, 4) is 0 Å². The van der Waals surface area contributed by atoms with E-state index in [4.69, 9.17) is 23.2 Å². The highest BCUT2D eigenvalue weighted by Crippen LogP contribution is 2.43.